The third-order valence-electron chi connectivity index (χ3n) is 5.41. The second-order valence-electron chi connectivity index (χ2n) is 7.88. The number of hydrogen-bond acceptors (Lipinski definition) is 3. The predicted octanol–water partition coefficient (Wildman–Crippen LogP) is 4.54. The van der Waals surface area contributed by atoms with Crippen molar-refractivity contribution in [2.75, 3.05) is 4.90 Å². The van der Waals surface area contributed by atoms with Crippen molar-refractivity contribution in [3.63, 3.8) is 0 Å². The lowest BCUT2D eigenvalue weighted by molar-refractivity contribution is -0.122. The second kappa shape index (κ2) is 7.96. The Labute approximate surface area is 187 Å². The van der Waals surface area contributed by atoms with Crippen molar-refractivity contribution in [1.82, 2.24) is 9.88 Å². The number of aryl methyl sites for hydroxylation is 4. The van der Waals surface area contributed by atoms with Gasteiger partial charge in [0.25, 0.3) is 11.8 Å². The summed E-state index contributed by atoms with van der Waals surface area (Å²) in [6.07, 6.45) is 3.53. The molecule has 31 heavy (non-hydrogen) atoms. The van der Waals surface area contributed by atoms with E-state index in [0.29, 0.717) is 5.69 Å². The second-order valence-corrected chi connectivity index (χ2v) is 8.26. The van der Waals surface area contributed by atoms with Crippen LogP contribution in [-0.2, 0) is 9.59 Å². The Balaban J connectivity index is 1.76. The number of carbonyl (C=O) groups excluding carboxylic acids is 2. The molecule has 3 aromatic rings. The van der Waals surface area contributed by atoms with Crippen molar-refractivity contribution >= 4 is 40.9 Å². The summed E-state index contributed by atoms with van der Waals surface area (Å²) in [6.45, 7) is 8.04. The summed E-state index contributed by atoms with van der Waals surface area (Å²) in [4.78, 5) is 27.4. The molecule has 1 N–H and O–H groups in total. The molecule has 1 fully saturated rings. The Bertz CT molecular complexity index is 1250. The van der Waals surface area contributed by atoms with Gasteiger partial charge < -0.3 is 4.57 Å². The highest BCUT2D eigenvalue weighted by molar-refractivity contribution is 7.80. The van der Waals surface area contributed by atoms with Gasteiger partial charge in [-0.3, -0.25) is 19.8 Å². The molecule has 1 saturated heterocycles. The summed E-state index contributed by atoms with van der Waals surface area (Å²) in [5.74, 6) is -0.935. The van der Waals surface area contributed by atoms with Gasteiger partial charge in [0, 0.05) is 17.6 Å². The molecular formula is C25H23N3O2S. The van der Waals surface area contributed by atoms with Crippen LogP contribution >= 0.6 is 12.2 Å². The molecule has 0 saturated carbocycles. The van der Waals surface area contributed by atoms with E-state index in [1.165, 1.54) is 16.0 Å². The fraction of sp³-hybridized carbons (Fsp3) is 0.160. The van der Waals surface area contributed by atoms with Gasteiger partial charge in [0.1, 0.15) is 5.57 Å². The Morgan fingerprint density at radius 1 is 0.871 bits per heavy atom. The zero-order valence-electron chi connectivity index (χ0n) is 17.9. The van der Waals surface area contributed by atoms with Crippen molar-refractivity contribution in [3.05, 3.63) is 88.2 Å². The van der Waals surface area contributed by atoms with Gasteiger partial charge in [-0.2, -0.15) is 0 Å². The van der Waals surface area contributed by atoms with Crippen molar-refractivity contribution in [3.8, 4) is 5.69 Å². The lowest BCUT2D eigenvalue weighted by Gasteiger charge is -2.29. The number of nitrogens with zero attached hydrogens (tertiary/aromatic N) is 2. The molecule has 1 aromatic heterocycles. The number of anilines is 1. The van der Waals surface area contributed by atoms with Crippen LogP contribution in [0.1, 0.15) is 27.9 Å². The standard InChI is InChI=1S/C25H23N3O2S/c1-15-10-16(2)12-21(11-15)28-24(30)22(23(29)26-25(28)31)14-19-6-5-9-27(19)20-8-7-17(3)18(4)13-20/h5-14H,1-4H3,(H,26,29,31)/b22-14+. The van der Waals surface area contributed by atoms with Gasteiger partial charge in [0.2, 0.25) is 0 Å². The monoisotopic (exact) mass is 429 g/mol. The first-order valence-corrected chi connectivity index (χ1v) is 10.4. The number of hydrogen-bond donors (Lipinski definition) is 1. The predicted molar refractivity (Wildman–Crippen MR) is 127 cm³/mol. The van der Waals surface area contributed by atoms with Crippen LogP contribution in [0.4, 0.5) is 5.69 Å². The maximum absolute atomic E-state index is 13.3. The van der Waals surface area contributed by atoms with Gasteiger partial charge in [0.15, 0.2) is 5.11 Å². The van der Waals surface area contributed by atoms with Crippen LogP contribution in [-0.4, -0.2) is 21.5 Å². The van der Waals surface area contributed by atoms with Crippen LogP contribution in [0.25, 0.3) is 11.8 Å². The van der Waals surface area contributed by atoms with Crippen molar-refractivity contribution in [2.45, 2.75) is 27.7 Å². The zero-order chi connectivity index (χ0) is 22.3. The van der Waals surface area contributed by atoms with Crippen LogP contribution in [0.2, 0.25) is 0 Å². The van der Waals surface area contributed by atoms with E-state index in [4.69, 9.17) is 12.2 Å². The highest BCUT2D eigenvalue weighted by atomic mass is 32.1. The molecular weight excluding hydrogens is 406 g/mol. The van der Waals surface area contributed by atoms with Gasteiger partial charge in [-0.25, -0.2) is 0 Å². The van der Waals surface area contributed by atoms with Crippen LogP contribution in [0.15, 0.2) is 60.3 Å². The molecule has 0 unspecified atom stereocenters. The van der Waals surface area contributed by atoms with Crippen molar-refractivity contribution in [2.24, 2.45) is 0 Å². The smallest absolute Gasteiger partial charge is 0.270 e. The van der Waals surface area contributed by atoms with E-state index in [9.17, 15) is 9.59 Å². The lowest BCUT2D eigenvalue weighted by atomic mass is 10.1. The number of carbonyl (C=O) groups is 2. The Morgan fingerprint density at radius 2 is 1.58 bits per heavy atom. The number of nitrogens with one attached hydrogen (secondary N) is 1. The highest BCUT2D eigenvalue weighted by Crippen LogP contribution is 2.25. The van der Waals surface area contributed by atoms with Crippen LogP contribution in [0, 0.1) is 27.7 Å². The molecule has 2 heterocycles. The summed E-state index contributed by atoms with van der Waals surface area (Å²) >= 11 is 5.32. The largest absolute Gasteiger partial charge is 0.317 e. The van der Waals surface area contributed by atoms with Gasteiger partial charge in [0.05, 0.1) is 5.69 Å². The average molecular weight is 430 g/mol. The van der Waals surface area contributed by atoms with Crippen LogP contribution < -0.4 is 10.2 Å². The normalized spacial score (nSPS) is 15.5. The molecule has 1 aliphatic heterocycles. The van der Waals surface area contributed by atoms with E-state index in [1.54, 1.807) is 6.08 Å². The topological polar surface area (TPSA) is 54.3 Å². The van der Waals surface area contributed by atoms with Gasteiger partial charge in [-0.05, 0) is 105 Å². The van der Waals surface area contributed by atoms with Gasteiger partial charge in [-0.1, -0.05) is 12.1 Å². The maximum atomic E-state index is 13.3. The third kappa shape index (κ3) is 3.94. The fourth-order valence-electron chi connectivity index (χ4n) is 3.74. The zero-order valence-corrected chi connectivity index (χ0v) is 18.7. The van der Waals surface area contributed by atoms with E-state index in [-0.39, 0.29) is 10.7 Å². The van der Waals surface area contributed by atoms with Crippen molar-refractivity contribution in [1.29, 1.82) is 0 Å². The number of thiocarbonyl (C=S) groups is 1. The summed E-state index contributed by atoms with van der Waals surface area (Å²) in [6, 6.07) is 15.7. The quantitative estimate of drug-likeness (QED) is 0.378. The molecule has 0 aliphatic carbocycles. The molecule has 5 nitrogen and oxygen atoms in total. The minimum Gasteiger partial charge on any atom is -0.317 e. The molecule has 2 aromatic carbocycles. The lowest BCUT2D eigenvalue weighted by Crippen LogP contribution is -2.54. The highest BCUT2D eigenvalue weighted by Gasteiger charge is 2.34. The SMILES string of the molecule is Cc1cc(C)cc(N2C(=O)/C(=C/c3cccn3-c3ccc(C)c(C)c3)C(=O)NC2=S)c1. The summed E-state index contributed by atoms with van der Waals surface area (Å²) in [7, 11) is 0. The molecule has 0 atom stereocenters. The minimum absolute atomic E-state index is 0.0385. The van der Waals surface area contributed by atoms with Gasteiger partial charge >= 0.3 is 0 Å². The molecule has 0 spiro atoms. The average Bonchev–Trinajstić information content (AvgIpc) is 3.14. The number of rotatable bonds is 3. The molecule has 156 valence electrons. The van der Waals surface area contributed by atoms with Crippen molar-refractivity contribution < 1.29 is 9.59 Å². The summed E-state index contributed by atoms with van der Waals surface area (Å²) in [5.41, 5.74) is 6.77. The van der Waals surface area contributed by atoms with E-state index in [2.05, 4.69) is 31.3 Å². The summed E-state index contributed by atoms with van der Waals surface area (Å²) < 4.78 is 1.95. The Hall–Kier alpha value is -3.51. The maximum Gasteiger partial charge on any atom is 0.270 e. The first-order chi connectivity index (χ1) is 14.7. The molecule has 4 rings (SSSR count). The molecule has 0 radical (unpaired) electrons. The molecule has 2 amide bonds. The number of aromatic nitrogens is 1. The minimum atomic E-state index is -0.497. The molecule has 0 bridgehead atoms. The number of benzene rings is 2. The third-order valence-corrected chi connectivity index (χ3v) is 5.69. The summed E-state index contributed by atoms with van der Waals surface area (Å²) in [5, 5.41) is 2.74. The van der Waals surface area contributed by atoms with E-state index < -0.39 is 11.8 Å². The van der Waals surface area contributed by atoms with E-state index in [1.807, 2.05) is 61.0 Å². The Morgan fingerprint density at radius 3 is 2.26 bits per heavy atom. The first-order valence-electron chi connectivity index (χ1n) is 9.99. The first kappa shape index (κ1) is 20.8. The van der Waals surface area contributed by atoms with Gasteiger partial charge in [-0.15, -0.1) is 0 Å². The van der Waals surface area contributed by atoms with Crippen LogP contribution in [0.3, 0.4) is 0 Å². The van der Waals surface area contributed by atoms with E-state index in [0.717, 1.165) is 22.5 Å². The fourth-order valence-corrected chi connectivity index (χ4v) is 4.02. The van der Waals surface area contributed by atoms with E-state index >= 15 is 0 Å². The Kier molecular flexibility index (Phi) is 5.33. The number of amides is 2. The molecule has 1 aliphatic rings. The van der Waals surface area contributed by atoms with Crippen LogP contribution in [0.5, 0.6) is 0 Å². The molecule has 6 heteroatoms.